The van der Waals surface area contributed by atoms with Gasteiger partial charge in [-0.1, -0.05) is 95.3 Å². The number of hydrogen-bond donors (Lipinski definition) is 3. The number of fused-ring (bicyclic) bond motifs is 5. The van der Waals surface area contributed by atoms with Gasteiger partial charge in [-0.3, -0.25) is 49.0 Å². The van der Waals surface area contributed by atoms with Crippen molar-refractivity contribution in [2.45, 2.75) is 278 Å². The number of carboxylic acids is 1. The third-order valence-electron chi connectivity index (χ3n) is 35.4. The van der Waals surface area contributed by atoms with Gasteiger partial charge < -0.3 is 59.6 Å². The van der Waals surface area contributed by atoms with Gasteiger partial charge in [0.05, 0.1) is 54.9 Å². The molecular weight excluding hydrogens is 1690 g/mol. The zero-order chi connectivity index (χ0) is 96.5. The maximum Gasteiger partial charge on any atom is 0.407 e. The normalized spacial score (nSPS) is 33.5. The molecule has 20 rings (SSSR count). The number of amides is 6. The van der Waals surface area contributed by atoms with E-state index in [0.717, 1.165) is 89.7 Å². The van der Waals surface area contributed by atoms with E-state index in [1.165, 1.54) is 88.1 Å². The van der Waals surface area contributed by atoms with E-state index < -0.39 is 64.2 Å². The molecule has 0 aromatic heterocycles. The molecule has 28 heteroatoms. The van der Waals surface area contributed by atoms with E-state index in [4.69, 9.17) is 24.7 Å². The number of carboxylic acid groups (broad SMARTS) is 1. The molecule has 5 aromatic carbocycles. The van der Waals surface area contributed by atoms with Crippen molar-refractivity contribution >= 4 is 59.5 Å². The van der Waals surface area contributed by atoms with Gasteiger partial charge in [-0.15, -0.1) is 0 Å². The molecule has 15 aliphatic rings. The van der Waals surface area contributed by atoms with Crippen LogP contribution in [0.3, 0.4) is 0 Å². The molecule has 10 aliphatic heterocycles. The summed E-state index contributed by atoms with van der Waals surface area (Å²) in [5.74, 6) is -1.44. The first-order valence-corrected chi connectivity index (χ1v) is 48.1. The molecule has 6 amide bonds. The van der Waals surface area contributed by atoms with E-state index in [1.807, 2.05) is 67.2 Å². The molecule has 133 heavy (non-hydrogen) atoms. The van der Waals surface area contributed by atoms with Crippen molar-refractivity contribution in [2.75, 3.05) is 54.1 Å². The quantitative estimate of drug-likeness (QED) is 0.0506. The van der Waals surface area contributed by atoms with E-state index in [-0.39, 0.29) is 160 Å². The second-order valence-electron chi connectivity index (χ2n) is 43.5. The number of alkyl carbamates (subject to hydrolysis) is 1. The van der Waals surface area contributed by atoms with Crippen LogP contribution < -0.4 is 11.1 Å². The van der Waals surface area contributed by atoms with Crippen LogP contribution in [0, 0.1) is 172 Å². The summed E-state index contributed by atoms with van der Waals surface area (Å²) in [5, 5.41) is 35.5. The summed E-state index contributed by atoms with van der Waals surface area (Å²) in [7, 11) is 4.08. The lowest BCUT2D eigenvalue weighted by atomic mass is 9.72. The summed E-state index contributed by atoms with van der Waals surface area (Å²) in [6.45, 7) is 39.0. The molecule has 10 fully saturated rings. The second kappa shape index (κ2) is 34.6. The van der Waals surface area contributed by atoms with E-state index in [9.17, 15) is 73.3 Å². The van der Waals surface area contributed by atoms with Gasteiger partial charge in [0.15, 0.2) is 0 Å². The van der Waals surface area contributed by atoms with Gasteiger partial charge in [0.1, 0.15) is 23.7 Å². The van der Waals surface area contributed by atoms with Crippen LogP contribution in [0.1, 0.15) is 231 Å². The first kappa shape index (κ1) is 95.5. The summed E-state index contributed by atoms with van der Waals surface area (Å²) in [6.07, 6.45) is 8.48. The third-order valence-corrected chi connectivity index (χ3v) is 35.4. The van der Waals surface area contributed by atoms with Crippen LogP contribution in [0.2, 0.25) is 0 Å². The topological polar surface area (TPSA) is 368 Å². The van der Waals surface area contributed by atoms with Crippen LogP contribution >= 0.6 is 0 Å². The van der Waals surface area contributed by atoms with E-state index in [1.54, 1.807) is 9.80 Å². The standard InChI is InChI=1S/C23H32N2O3.C21H26N2O5.C21H28N2O3.C21H25NO5.C19H24N2O3/c1-13-9-16-7-8-25-19(26)11-18-20(24-21(27)28-22(4,5)6)15(3)12-23(18,25)17(16)10-14(13)2;1-11-5-14-7-18(20(25)28-4)23-19(24)8-17-15(10-22(26)27)13(3)9-21(17,23)16(14)6-12(11)2;1-11-5-14-7-18(20(25)26-4)23-19(24)8-17-15(10-22)13(3)9-21(17,23)16(14)6-12(11)2;1-10-5-13-7-16(20(26)27-4)22-17(23)8-15-18(19(24)25)12(3)9-21(15,22)14(13)6-11(10)2;1-11-6-14-4-5-20-18(22)8-17-15(10-21(23)24)13(3)9-19(17,20)16(14)7-12(11)2/h9-10,15,18,20H,7-8,11-12H2,1-6H3,(H,24,27);5-6,13,15,17-18H,7-10H2,1-4H3;5-6,13,15,17-18H,7-10,22H2,1-4H3;5-6,12,15-16,18H,7-9H2,1-4H3,(H,24,25);6-7,13,15,17H,4-5,8-10H2,1-3H3/t15-,18-,20+,23-;2*13-,15+,17-,18-,21-;12-,15-,16-,18+,21-;13-,15+,17-,19-/m00000/s1. The first-order valence-electron chi connectivity index (χ1n) is 48.1. The van der Waals surface area contributed by atoms with E-state index in [2.05, 4.69) is 138 Å². The summed E-state index contributed by atoms with van der Waals surface area (Å²) < 4.78 is 20.6. The number of nitrogens with zero attached hydrogens (tertiary/aromatic N) is 7. The van der Waals surface area contributed by atoms with Crippen molar-refractivity contribution in [3.05, 3.63) is 192 Å². The lowest BCUT2D eigenvalue weighted by molar-refractivity contribution is -0.491. The van der Waals surface area contributed by atoms with Gasteiger partial charge in [-0.05, 0) is 294 Å². The fourth-order valence-corrected chi connectivity index (χ4v) is 29.5. The van der Waals surface area contributed by atoms with Crippen LogP contribution in [0.4, 0.5) is 4.79 Å². The van der Waals surface area contributed by atoms with Crippen molar-refractivity contribution in [3.63, 3.8) is 0 Å². The van der Waals surface area contributed by atoms with Crippen molar-refractivity contribution < 1.29 is 81.8 Å². The van der Waals surface area contributed by atoms with Crippen molar-refractivity contribution in [3.8, 4) is 0 Å². The molecule has 10 heterocycles. The third kappa shape index (κ3) is 15.0. The number of hydrogen-bond acceptors (Lipinski definition) is 19. The van der Waals surface area contributed by atoms with E-state index in [0.29, 0.717) is 69.7 Å². The monoisotopic (exact) mass is 1830 g/mol. The number of nitrogens with two attached hydrogens (primary N) is 1. The van der Waals surface area contributed by atoms with Crippen LogP contribution in [-0.4, -0.2) is 183 Å². The highest BCUT2D eigenvalue weighted by Crippen LogP contribution is 2.68. The number of ether oxygens (including phenoxy) is 4. The Balaban J connectivity index is 0.000000121. The summed E-state index contributed by atoms with van der Waals surface area (Å²) >= 11 is 0. The number of aryl methyl sites for hydroxylation is 10. The predicted octanol–water partition coefficient (Wildman–Crippen LogP) is 13.3. The van der Waals surface area contributed by atoms with Crippen LogP contribution in [0.25, 0.3) is 0 Å². The Morgan fingerprint density at radius 2 is 0.699 bits per heavy atom. The molecule has 5 aromatic rings. The molecule has 4 N–H and O–H groups in total. The van der Waals surface area contributed by atoms with Crippen LogP contribution in [0.5, 0.6) is 0 Å². The second-order valence-corrected chi connectivity index (χ2v) is 43.5. The maximum absolute atomic E-state index is 13.1. The minimum absolute atomic E-state index is 0.0125. The average molecular weight is 1830 g/mol. The van der Waals surface area contributed by atoms with Gasteiger partial charge in [0, 0.05) is 116 Å². The number of carbonyl (C=O) groups is 10. The molecule has 0 bridgehead atoms. The lowest BCUT2D eigenvalue weighted by Crippen LogP contribution is -2.58. The smallest absolute Gasteiger partial charge is 0.407 e. The zero-order valence-electron chi connectivity index (χ0n) is 81.3. The minimum atomic E-state index is -0.857. The van der Waals surface area contributed by atoms with Crippen LogP contribution in [-0.2, 0) is 122 Å². The van der Waals surface area contributed by atoms with Crippen molar-refractivity contribution in [1.82, 2.24) is 29.8 Å². The SMILES string of the molecule is COC(=O)[C@@H]1Cc2cc(C)c(C)cc2[C@@]23C[C@H](C)[C@@H](C(=O)O)[C@@H]2CC(=O)N13.COC(=O)[C@@H]1Cc2cc(C)c(C)cc2[C@@]23C[C@H](C)[C@@H](CN)[C@@H]2CC(=O)N13.COC(=O)[C@@H]1Cc2cc(C)c(C)cc2[C@@]23C[C@H](C)[C@@H](C[N+](=O)[O-])[C@@H]2CC(=O)N13.Cc1cc2c(cc1C)[C@@]13C[C@H](C)[C@@H](C[N+](=O)[O-])[C@@H]1CC(=O)N3CC2.Cc1cc2c(cc1C)[C@@]13C[C@H](C)[C@@H](NC(=O)OC(C)(C)C)[C@@H]1CC(=O)N3CC2. The summed E-state index contributed by atoms with van der Waals surface area (Å²) in [4.78, 5) is 159. The van der Waals surface area contributed by atoms with Gasteiger partial charge >= 0.3 is 30.0 Å². The Bertz CT molecular complexity index is 5700. The largest absolute Gasteiger partial charge is 0.481 e. The molecule has 714 valence electrons. The number of carbonyl (C=O) groups excluding carboxylic acids is 9. The number of nitrogens with one attached hydrogen (secondary N) is 1. The molecule has 5 saturated heterocycles. The number of esters is 3. The highest BCUT2D eigenvalue weighted by atomic mass is 16.6. The summed E-state index contributed by atoms with van der Waals surface area (Å²) in [6, 6.07) is 20.1. The highest BCUT2D eigenvalue weighted by Gasteiger charge is 2.72. The number of benzene rings is 5. The molecule has 0 unspecified atom stereocenters. The van der Waals surface area contributed by atoms with E-state index >= 15 is 0 Å². The number of methoxy groups -OCH3 is 3. The number of aliphatic carboxylic acids is 1. The summed E-state index contributed by atoms with van der Waals surface area (Å²) in [5.41, 5.74) is 27.2. The molecule has 23 atom stereocenters. The fraction of sp³-hybridized carbons (Fsp3) is 0.619. The Hall–Kier alpha value is -10.6. The zero-order valence-corrected chi connectivity index (χ0v) is 81.3. The molecule has 5 spiro atoms. The number of rotatable bonds is 10. The Morgan fingerprint density at radius 3 is 1.05 bits per heavy atom. The Morgan fingerprint density at radius 1 is 0.414 bits per heavy atom. The maximum atomic E-state index is 13.1. The molecule has 5 saturated carbocycles. The van der Waals surface area contributed by atoms with Crippen LogP contribution in [0.15, 0.2) is 60.7 Å². The minimum Gasteiger partial charge on any atom is -0.481 e. The molecular formula is C105H135N9O19. The predicted molar refractivity (Wildman–Crippen MR) is 495 cm³/mol. The van der Waals surface area contributed by atoms with Gasteiger partial charge in [0.2, 0.25) is 42.6 Å². The lowest BCUT2D eigenvalue weighted by Gasteiger charge is -2.48. The Kier molecular flexibility index (Phi) is 24.9. The van der Waals surface area contributed by atoms with Gasteiger partial charge in [-0.25, -0.2) is 19.2 Å². The molecule has 28 nitrogen and oxygen atoms in total. The van der Waals surface area contributed by atoms with Crippen molar-refractivity contribution in [1.29, 1.82) is 0 Å². The van der Waals surface area contributed by atoms with Gasteiger partial charge in [-0.2, -0.15) is 0 Å². The van der Waals surface area contributed by atoms with Crippen molar-refractivity contribution in [2.24, 2.45) is 88.6 Å². The molecule has 5 aliphatic carbocycles. The Labute approximate surface area is 780 Å². The molecule has 0 radical (unpaired) electrons. The average Bonchev–Trinajstić information content (AvgIpc) is 1.51. The fourth-order valence-electron chi connectivity index (χ4n) is 29.5. The number of nitro groups is 2. The highest BCUT2D eigenvalue weighted by molar-refractivity contribution is 5.93. The van der Waals surface area contributed by atoms with Gasteiger partial charge in [0.25, 0.3) is 0 Å². The first-order chi connectivity index (χ1) is 62.6.